The van der Waals surface area contributed by atoms with Crippen LogP contribution in [0.1, 0.15) is 27.7 Å². The Kier molecular flexibility index (Phi) is 3.46. The lowest BCUT2D eigenvalue weighted by Crippen LogP contribution is -2.68. The molecule has 0 rings (SSSR count). The van der Waals surface area contributed by atoms with Gasteiger partial charge in [-0.1, -0.05) is 0 Å². The van der Waals surface area contributed by atoms with Gasteiger partial charge in [-0.15, -0.1) is 0 Å². The van der Waals surface area contributed by atoms with Crippen molar-refractivity contribution < 1.29 is 25.2 Å². The minimum atomic E-state index is -2.14. The largest absolute Gasteiger partial charge is 0.390 e. The molecule has 84 valence electrons. The average Bonchev–Trinajstić information content (AvgIpc) is 2.03. The zero-order chi connectivity index (χ0) is 11.8. The topological polar surface area (TPSA) is 98.0 Å². The van der Waals surface area contributed by atoms with Crippen molar-refractivity contribution in [3.05, 3.63) is 0 Å². The molecule has 0 radical (unpaired) electrons. The molecule has 0 bridgehead atoms. The highest BCUT2D eigenvalue weighted by Crippen LogP contribution is 2.33. The van der Waals surface area contributed by atoms with Gasteiger partial charge in [0.05, 0.1) is 6.10 Å². The molecule has 0 saturated carbocycles. The first-order valence-corrected chi connectivity index (χ1v) is 4.32. The lowest BCUT2D eigenvalue weighted by atomic mass is 9.72. The molecule has 0 aliphatic rings. The van der Waals surface area contributed by atoms with Crippen LogP contribution in [-0.2, 0) is 4.79 Å². The second kappa shape index (κ2) is 3.58. The van der Waals surface area contributed by atoms with E-state index < -0.39 is 22.9 Å². The molecule has 0 fully saturated rings. The van der Waals surface area contributed by atoms with Gasteiger partial charge in [0.15, 0.2) is 6.29 Å². The van der Waals surface area contributed by atoms with Crippen LogP contribution >= 0.6 is 0 Å². The molecule has 0 unspecified atom stereocenters. The van der Waals surface area contributed by atoms with E-state index in [1.165, 1.54) is 6.92 Å². The molecule has 0 amide bonds. The van der Waals surface area contributed by atoms with E-state index in [9.17, 15) is 25.2 Å². The molecule has 0 heterocycles. The first kappa shape index (κ1) is 13.5. The highest BCUT2D eigenvalue weighted by molar-refractivity contribution is 5.64. The van der Waals surface area contributed by atoms with Gasteiger partial charge in [-0.05, 0) is 27.7 Å². The summed E-state index contributed by atoms with van der Waals surface area (Å²) in [6, 6.07) is 0. The molecule has 0 aromatic heterocycles. The van der Waals surface area contributed by atoms with Crippen LogP contribution in [0.25, 0.3) is 0 Å². The number of rotatable bonds is 4. The Morgan fingerprint density at radius 1 is 1.14 bits per heavy atom. The van der Waals surface area contributed by atoms with Crippen molar-refractivity contribution in [2.45, 2.75) is 50.6 Å². The maximum Gasteiger partial charge on any atom is 0.154 e. The van der Waals surface area contributed by atoms with Gasteiger partial charge >= 0.3 is 0 Å². The smallest absolute Gasteiger partial charge is 0.154 e. The summed E-state index contributed by atoms with van der Waals surface area (Å²) in [6.45, 7) is 4.57. The maximum absolute atomic E-state index is 10.5. The van der Waals surface area contributed by atoms with Crippen LogP contribution in [0.2, 0.25) is 0 Å². The zero-order valence-electron chi connectivity index (χ0n) is 8.85. The van der Waals surface area contributed by atoms with Crippen molar-refractivity contribution >= 4 is 6.29 Å². The minimum absolute atomic E-state index is 0.129. The fourth-order valence-corrected chi connectivity index (χ4v) is 1.03. The highest BCUT2D eigenvalue weighted by Gasteiger charge is 2.56. The van der Waals surface area contributed by atoms with Crippen LogP contribution in [-0.4, -0.2) is 49.6 Å². The molecule has 5 nitrogen and oxygen atoms in total. The summed E-state index contributed by atoms with van der Waals surface area (Å²) >= 11 is 0. The van der Waals surface area contributed by atoms with Crippen molar-refractivity contribution in [3.63, 3.8) is 0 Å². The lowest BCUT2D eigenvalue weighted by molar-refractivity contribution is -0.241. The highest BCUT2D eigenvalue weighted by atomic mass is 16.4. The number of hydrogen-bond donors (Lipinski definition) is 4. The maximum atomic E-state index is 10.5. The van der Waals surface area contributed by atoms with Crippen LogP contribution in [0.15, 0.2) is 0 Å². The third-order valence-electron chi connectivity index (χ3n) is 3.01. The van der Waals surface area contributed by atoms with Crippen LogP contribution in [0.3, 0.4) is 0 Å². The third kappa shape index (κ3) is 1.81. The summed E-state index contributed by atoms with van der Waals surface area (Å²) in [7, 11) is 0. The fraction of sp³-hybridized carbons (Fsp3) is 0.889. The van der Waals surface area contributed by atoms with Crippen molar-refractivity contribution in [1.82, 2.24) is 0 Å². The molecule has 5 heteroatoms. The lowest BCUT2D eigenvalue weighted by Gasteiger charge is -2.46. The Balaban J connectivity index is 5.24. The van der Waals surface area contributed by atoms with Gasteiger partial charge in [0.1, 0.15) is 16.8 Å². The number of hydrogen-bond acceptors (Lipinski definition) is 5. The predicted octanol–water partition coefficient (Wildman–Crippen LogP) is -1.18. The molecule has 0 aliphatic heterocycles. The number of aldehydes is 1. The average molecular weight is 206 g/mol. The molecule has 0 aromatic carbocycles. The van der Waals surface area contributed by atoms with Crippen LogP contribution in [0, 0.1) is 0 Å². The van der Waals surface area contributed by atoms with E-state index in [0.29, 0.717) is 0 Å². The summed E-state index contributed by atoms with van der Waals surface area (Å²) < 4.78 is 0. The second-order valence-corrected chi connectivity index (χ2v) is 4.16. The summed E-state index contributed by atoms with van der Waals surface area (Å²) in [4.78, 5) is 10.5. The summed E-state index contributed by atoms with van der Waals surface area (Å²) in [5.41, 5.74) is -6.26. The monoisotopic (exact) mass is 206 g/mol. The van der Waals surface area contributed by atoms with E-state index in [1.54, 1.807) is 0 Å². The van der Waals surface area contributed by atoms with Gasteiger partial charge in [-0.25, -0.2) is 0 Å². The molecule has 14 heavy (non-hydrogen) atoms. The Morgan fingerprint density at radius 3 is 1.71 bits per heavy atom. The van der Waals surface area contributed by atoms with Crippen molar-refractivity contribution in [1.29, 1.82) is 0 Å². The first-order valence-electron chi connectivity index (χ1n) is 4.32. The number of carbonyl (C=O) groups excluding carboxylic acids is 1. The first-order chi connectivity index (χ1) is 6.00. The van der Waals surface area contributed by atoms with E-state index >= 15 is 0 Å². The quantitative estimate of drug-likeness (QED) is 0.434. The standard InChI is InChI=1S/C9H18O5/c1-6(11)8(3,13)9(4,14)7(2,12)5-10/h5-6,11-14H,1-4H3/t6-,7-,8-,9-/m0/s1. The van der Waals surface area contributed by atoms with Gasteiger partial charge in [0.25, 0.3) is 0 Å². The number of aliphatic hydroxyl groups excluding tert-OH is 1. The second-order valence-electron chi connectivity index (χ2n) is 4.16. The van der Waals surface area contributed by atoms with E-state index in [1.807, 2.05) is 0 Å². The zero-order valence-corrected chi connectivity index (χ0v) is 8.85. The number of aliphatic hydroxyl groups is 4. The van der Waals surface area contributed by atoms with E-state index in [2.05, 4.69) is 0 Å². The van der Waals surface area contributed by atoms with Gasteiger partial charge in [-0.2, -0.15) is 0 Å². The van der Waals surface area contributed by atoms with Gasteiger partial charge in [0, 0.05) is 0 Å². The van der Waals surface area contributed by atoms with Gasteiger partial charge in [-0.3, -0.25) is 0 Å². The minimum Gasteiger partial charge on any atom is -0.390 e. The van der Waals surface area contributed by atoms with E-state index in [0.717, 1.165) is 20.8 Å². The van der Waals surface area contributed by atoms with Crippen LogP contribution < -0.4 is 0 Å². The molecule has 0 saturated heterocycles. The van der Waals surface area contributed by atoms with Crippen molar-refractivity contribution in [2.24, 2.45) is 0 Å². The molecule has 0 aliphatic carbocycles. The van der Waals surface area contributed by atoms with Crippen molar-refractivity contribution in [2.75, 3.05) is 0 Å². The molecule has 0 spiro atoms. The van der Waals surface area contributed by atoms with Crippen molar-refractivity contribution in [3.8, 4) is 0 Å². The van der Waals surface area contributed by atoms with E-state index in [4.69, 9.17) is 0 Å². The normalized spacial score (nSPS) is 26.9. The predicted molar refractivity (Wildman–Crippen MR) is 49.6 cm³/mol. The SMILES string of the molecule is C[C@H](O)[C@](C)(O)[C@@](C)(O)[C@@](C)(O)C=O. The third-order valence-corrected chi connectivity index (χ3v) is 3.01. The molecular formula is C9H18O5. The van der Waals surface area contributed by atoms with Gasteiger partial charge in [0.2, 0.25) is 0 Å². The summed E-state index contributed by atoms with van der Waals surface area (Å²) in [5, 5.41) is 38.4. The Bertz CT molecular complexity index is 217. The Labute approximate surface area is 83.0 Å². The van der Waals surface area contributed by atoms with Crippen LogP contribution in [0.4, 0.5) is 0 Å². The van der Waals surface area contributed by atoms with Gasteiger partial charge < -0.3 is 25.2 Å². The fourth-order valence-electron chi connectivity index (χ4n) is 1.03. The Morgan fingerprint density at radius 2 is 1.50 bits per heavy atom. The van der Waals surface area contributed by atoms with Crippen LogP contribution in [0.5, 0.6) is 0 Å². The number of carbonyl (C=O) groups is 1. The molecule has 0 aromatic rings. The molecule has 4 N–H and O–H groups in total. The molecular weight excluding hydrogens is 188 g/mol. The summed E-state index contributed by atoms with van der Waals surface area (Å²) in [6.07, 6.45) is -1.16. The Hall–Kier alpha value is -0.490. The van der Waals surface area contributed by atoms with E-state index in [-0.39, 0.29) is 6.29 Å². The summed E-state index contributed by atoms with van der Waals surface area (Å²) in [5.74, 6) is 0. The molecule has 4 atom stereocenters.